The van der Waals surface area contributed by atoms with Gasteiger partial charge in [0.2, 0.25) is 11.7 Å². The summed E-state index contributed by atoms with van der Waals surface area (Å²) < 4.78 is 6.94. The van der Waals surface area contributed by atoms with Gasteiger partial charge in [-0.3, -0.25) is 4.57 Å². The molecular formula is C12H11N5O2S2. The number of thioether (sulfide) groups is 1. The Morgan fingerprint density at radius 1 is 1.52 bits per heavy atom. The topological polar surface area (TPSA) is 89.6 Å². The second kappa shape index (κ2) is 5.15. The Morgan fingerprint density at radius 3 is 3.19 bits per heavy atom. The van der Waals surface area contributed by atoms with Crippen LogP contribution in [0.4, 0.5) is 0 Å². The monoisotopic (exact) mass is 321 g/mol. The zero-order valence-electron chi connectivity index (χ0n) is 10.9. The van der Waals surface area contributed by atoms with Crippen LogP contribution in [-0.4, -0.2) is 24.9 Å². The molecule has 0 atom stereocenters. The van der Waals surface area contributed by atoms with Crippen LogP contribution in [0.15, 0.2) is 32.0 Å². The fourth-order valence-electron chi connectivity index (χ4n) is 1.99. The molecule has 3 heterocycles. The minimum Gasteiger partial charge on any atom is -0.338 e. The molecule has 1 saturated carbocycles. The SMILES string of the molecule is O=c1[nH]nc(SCc2nc(-c3cccs3)no2)n1C1CC1. The van der Waals surface area contributed by atoms with Gasteiger partial charge in [0.1, 0.15) is 0 Å². The van der Waals surface area contributed by atoms with Gasteiger partial charge in [0.25, 0.3) is 0 Å². The maximum absolute atomic E-state index is 11.7. The molecule has 3 aromatic heterocycles. The minimum atomic E-state index is -0.148. The highest BCUT2D eigenvalue weighted by molar-refractivity contribution is 7.98. The highest BCUT2D eigenvalue weighted by atomic mass is 32.2. The van der Waals surface area contributed by atoms with Crippen molar-refractivity contribution in [3.8, 4) is 10.7 Å². The zero-order valence-corrected chi connectivity index (χ0v) is 12.5. The number of hydrogen-bond donors (Lipinski definition) is 1. The van der Waals surface area contributed by atoms with Gasteiger partial charge in [0.05, 0.1) is 10.6 Å². The first-order chi connectivity index (χ1) is 10.3. The summed E-state index contributed by atoms with van der Waals surface area (Å²) in [7, 11) is 0. The first kappa shape index (κ1) is 12.8. The first-order valence-electron chi connectivity index (χ1n) is 6.47. The third-order valence-electron chi connectivity index (χ3n) is 3.12. The lowest BCUT2D eigenvalue weighted by Gasteiger charge is -2.00. The molecule has 0 aromatic carbocycles. The summed E-state index contributed by atoms with van der Waals surface area (Å²) in [5.41, 5.74) is -0.148. The summed E-state index contributed by atoms with van der Waals surface area (Å²) in [6.07, 6.45) is 2.08. The van der Waals surface area contributed by atoms with Crippen molar-refractivity contribution < 1.29 is 4.52 Å². The predicted octanol–water partition coefficient (Wildman–Crippen LogP) is 2.31. The Labute approximate surface area is 127 Å². The van der Waals surface area contributed by atoms with Crippen molar-refractivity contribution >= 4 is 23.1 Å². The minimum absolute atomic E-state index is 0.148. The Balaban J connectivity index is 1.49. The van der Waals surface area contributed by atoms with Gasteiger partial charge in [0.15, 0.2) is 5.16 Å². The quantitative estimate of drug-likeness (QED) is 0.725. The van der Waals surface area contributed by atoms with Gasteiger partial charge < -0.3 is 4.52 Å². The van der Waals surface area contributed by atoms with E-state index < -0.39 is 0 Å². The van der Waals surface area contributed by atoms with Crippen LogP contribution >= 0.6 is 23.1 Å². The molecule has 3 aromatic rings. The van der Waals surface area contributed by atoms with E-state index in [-0.39, 0.29) is 5.69 Å². The number of hydrogen-bond acceptors (Lipinski definition) is 7. The molecule has 0 amide bonds. The largest absolute Gasteiger partial charge is 0.344 e. The van der Waals surface area contributed by atoms with Crippen molar-refractivity contribution in [3.05, 3.63) is 33.9 Å². The molecule has 108 valence electrons. The van der Waals surface area contributed by atoms with Crippen molar-refractivity contribution in [1.82, 2.24) is 24.9 Å². The van der Waals surface area contributed by atoms with Crippen LogP contribution in [0.5, 0.6) is 0 Å². The number of rotatable bonds is 5. The molecule has 0 unspecified atom stereocenters. The third kappa shape index (κ3) is 2.54. The number of nitrogens with zero attached hydrogens (tertiary/aromatic N) is 4. The Kier molecular flexibility index (Phi) is 3.15. The maximum atomic E-state index is 11.7. The van der Waals surface area contributed by atoms with E-state index in [1.807, 2.05) is 17.5 Å². The molecular weight excluding hydrogens is 310 g/mol. The summed E-state index contributed by atoms with van der Waals surface area (Å²) in [5, 5.41) is 13.2. The normalized spacial score (nSPS) is 14.7. The zero-order chi connectivity index (χ0) is 14.2. The smallest absolute Gasteiger partial charge is 0.338 e. The summed E-state index contributed by atoms with van der Waals surface area (Å²) in [4.78, 5) is 17.0. The van der Waals surface area contributed by atoms with Gasteiger partial charge in [-0.1, -0.05) is 23.0 Å². The number of aromatic amines is 1. The van der Waals surface area contributed by atoms with E-state index in [0.717, 1.165) is 17.7 Å². The number of aromatic nitrogens is 5. The van der Waals surface area contributed by atoms with Crippen LogP contribution in [0.1, 0.15) is 24.8 Å². The molecule has 21 heavy (non-hydrogen) atoms. The second-order valence-corrected chi connectivity index (χ2v) is 6.58. The summed E-state index contributed by atoms with van der Waals surface area (Å²) >= 11 is 2.99. The fourth-order valence-corrected chi connectivity index (χ4v) is 3.49. The third-order valence-corrected chi connectivity index (χ3v) is 4.92. The van der Waals surface area contributed by atoms with Gasteiger partial charge >= 0.3 is 5.69 Å². The van der Waals surface area contributed by atoms with E-state index in [1.165, 1.54) is 11.8 Å². The Bertz CT molecular complexity index is 800. The molecule has 1 aliphatic carbocycles. The van der Waals surface area contributed by atoms with E-state index in [0.29, 0.717) is 28.7 Å². The van der Waals surface area contributed by atoms with Gasteiger partial charge in [-0.15, -0.1) is 16.4 Å². The molecule has 1 N–H and O–H groups in total. The van der Waals surface area contributed by atoms with Crippen molar-refractivity contribution in [2.75, 3.05) is 0 Å². The van der Waals surface area contributed by atoms with Gasteiger partial charge in [-0.05, 0) is 24.3 Å². The fraction of sp³-hybridized carbons (Fsp3) is 0.333. The molecule has 0 saturated heterocycles. The van der Waals surface area contributed by atoms with Crippen LogP contribution < -0.4 is 5.69 Å². The molecule has 7 nitrogen and oxygen atoms in total. The second-order valence-electron chi connectivity index (χ2n) is 4.69. The summed E-state index contributed by atoms with van der Waals surface area (Å²) in [6, 6.07) is 4.19. The molecule has 1 fully saturated rings. The number of nitrogens with one attached hydrogen (secondary N) is 1. The molecule has 9 heteroatoms. The Morgan fingerprint density at radius 2 is 2.43 bits per heavy atom. The van der Waals surface area contributed by atoms with E-state index in [2.05, 4.69) is 20.3 Å². The average Bonchev–Trinajstić information content (AvgIpc) is 2.94. The number of H-pyrrole nitrogens is 1. The highest BCUT2D eigenvalue weighted by Gasteiger charge is 2.28. The maximum Gasteiger partial charge on any atom is 0.344 e. The molecule has 0 aliphatic heterocycles. The highest BCUT2D eigenvalue weighted by Crippen LogP contribution is 2.36. The van der Waals surface area contributed by atoms with E-state index in [1.54, 1.807) is 15.9 Å². The van der Waals surface area contributed by atoms with Gasteiger partial charge in [-0.25, -0.2) is 9.89 Å². The molecule has 0 spiro atoms. The van der Waals surface area contributed by atoms with Gasteiger partial charge in [0, 0.05) is 6.04 Å². The van der Waals surface area contributed by atoms with Crippen LogP contribution in [0, 0.1) is 0 Å². The van der Waals surface area contributed by atoms with Crippen LogP contribution in [0.25, 0.3) is 10.7 Å². The van der Waals surface area contributed by atoms with Crippen molar-refractivity contribution in [2.24, 2.45) is 0 Å². The van der Waals surface area contributed by atoms with Crippen LogP contribution in [0.2, 0.25) is 0 Å². The van der Waals surface area contributed by atoms with Gasteiger partial charge in [-0.2, -0.15) is 4.98 Å². The lowest BCUT2D eigenvalue weighted by molar-refractivity contribution is 0.391. The van der Waals surface area contributed by atoms with E-state index >= 15 is 0 Å². The van der Waals surface area contributed by atoms with E-state index in [4.69, 9.17) is 4.52 Å². The lowest BCUT2D eigenvalue weighted by atomic mass is 10.4. The first-order valence-corrected chi connectivity index (χ1v) is 8.34. The van der Waals surface area contributed by atoms with Crippen molar-refractivity contribution in [2.45, 2.75) is 29.8 Å². The summed E-state index contributed by atoms with van der Waals surface area (Å²) in [5.74, 6) is 1.62. The number of thiophene rings is 1. The van der Waals surface area contributed by atoms with Crippen LogP contribution in [-0.2, 0) is 5.75 Å². The standard InChI is InChI=1S/C12H11N5O2S2/c18-11-14-15-12(17(11)7-3-4-7)21-6-9-13-10(16-19-9)8-2-1-5-20-8/h1-2,5,7H,3-4,6H2,(H,14,18). The molecule has 0 bridgehead atoms. The Hall–Kier alpha value is -1.87. The average molecular weight is 321 g/mol. The molecule has 4 rings (SSSR count). The predicted molar refractivity (Wildman–Crippen MR) is 78.3 cm³/mol. The van der Waals surface area contributed by atoms with Crippen molar-refractivity contribution in [3.63, 3.8) is 0 Å². The van der Waals surface area contributed by atoms with Crippen LogP contribution in [0.3, 0.4) is 0 Å². The molecule has 1 aliphatic rings. The van der Waals surface area contributed by atoms with Crippen molar-refractivity contribution in [1.29, 1.82) is 0 Å². The van der Waals surface area contributed by atoms with E-state index in [9.17, 15) is 4.79 Å². The summed E-state index contributed by atoms with van der Waals surface area (Å²) in [6.45, 7) is 0. The molecule has 0 radical (unpaired) electrons. The lowest BCUT2D eigenvalue weighted by Crippen LogP contribution is -2.16.